The molecule has 2 aromatic rings. The zero-order valence-corrected chi connectivity index (χ0v) is 9.09. The van der Waals surface area contributed by atoms with Gasteiger partial charge in [0.2, 0.25) is 5.95 Å². The number of nitrogens with zero attached hydrogens (tertiary/aromatic N) is 4. The number of phenolic OH excluding ortho intramolecular Hbond substituents is 1. The molecular weight excluding hydrogens is 236 g/mol. The molecule has 1 heterocycles. The summed E-state index contributed by atoms with van der Waals surface area (Å²) in [5.74, 6) is 0.115. The smallest absolute Gasteiger partial charge is 0.270 e. The molecule has 0 atom stereocenters. The van der Waals surface area contributed by atoms with E-state index in [1.165, 1.54) is 36.8 Å². The van der Waals surface area contributed by atoms with Crippen LogP contribution in [-0.2, 0) is 0 Å². The number of benzene rings is 1. The van der Waals surface area contributed by atoms with Gasteiger partial charge in [0, 0.05) is 36.3 Å². The summed E-state index contributed by atoms with van der Waals surface area (Å²) in [7, 11) is 0. The van der Waals surface area contributed by atoms with Crippen molar-refractivity contribution in [3.8, 4) is 5.75 Å². The summed E-state index contributed by atoms with van der Waals surface area (Å²) in [4.78, 5) is 21.7. The van der Waals surface area contributed by atoms with E-state index in [1.54, 1.807) is 6.07 Å². The largest absolute Gasteiger partial charge is 0.507 e. The maximum Gasteiger partial charge on any atom is 0.270 e. The van der Waals surface area contributed by atoms with E-state index in [0.717, 1.165) is 0 Å². The summed E-state index contributed by atoms with van der Waals surface area (Å²) in [5, 5.41) is 20.1. The Kier molecular flexibility index (Phi) is 3.24. The second-order valence-corrected chi connectivity index (χ2v) is 3.31. The van der Waals surface area contributed by atoms with Crippen LogP contribution in [0.4, 0.5) is 11.6 Å². The minimum atomic E-state index is -0.546. The fourth-order valence-electron chi connectivity index (χ4n) is 1.24. The number of non-ortho nitro benzene ring substituents is 1. The third-order valence-corrected chi connectivity index (χ3v) is 2.09. The Morgan fingerprint density at radius 1 is 1.33 bits per heavy atom. The van der Waals surface area contributed by atoms with Crippen LogP contribution in [0.2, 0.25) is 0 Å². The second kappa shape index (κ2) is 5.00. The standard InChI is InChI=1S/C11H8N4O3/c16-10-3-2-9(15(17)18)6-8(10)7-14-11-12-4-1-5-13-11/h1-7,16H/b14-7+. The summed E-state index contributed by atoms with van der Waals surface area (Å²) < 4.78 is 0. The van der Waals surface area contributed by atoms with Crippen LogP contribution in [0.1, 0.15) is 5.56 Å². The molecule has 0 saturated heterocycles. The Balaban J connectivity index is 2.31. The molecule has 0 saturated carbocycles. The Morgan fingerprint density at radius 3 is 2.72 bits per heavy atom. The van der Waals surface area contributed by atoms with Crippen molar-refractivity contribution < 1.29 is 10.0 Å². The lowest BCUT2D eigenvalue weighted by atomic mass is 10.2. The molecule has 0 fully saturated rings. The summed E-state index contributed by atoms with van der Waals surface area (Å²) >= 11 is 0. The van der Waals surface area contributed by atoms with E-state index >= 15 is 0 Å². The zero-order valence-electron chi connectivity index (χ0n) is 9.09. The van der Waals surface area contributed by atoms with Gasteiger partial charge in [-0.25, -0.2) is 15.0 Å². The lowest BCUT2D eigenvalue weighted by molar-refractivity contribution is -0.384. The lowest BCUT2D eigenvalue weighted by Crippen LogP contribution is -1.90. The van der Waals surface area contributed by atoms with Crippen LogP contribution >= 0.6 is 0 Å². The molecule has 0 unspecified atom stereocenters. The average molecular weight is 244 g/mol. The minimum Gasteiger partial charge on any atom is -0.507 e. The van der Waals surface area contributed by atoms with Gasteiger partial charge in [-0.15, -0.1) is 0 Å². The molecule has 0 spiro atoms. The highest BCUT2D eigenvalue weighted by Gasteiger charge is 2.08. The van der Waals surface area contributed by atoms with Gasteiger partial charge in [-0.2, -0.15) is 0 Å². The van der Waals surface area contributed by atoms with Gasteiger partial charge in [0.1, 0.15) is 5.75 Å². The third kappa shape index (κ3) is 2.64. The van der Waals surface area contributed by atoms with Crippen molar-refractivity contribution in [1.82, 2.24) is 9.97 Å². The molecule has 0 aliphatic rings. The molecular formula is C11H8N4O3. The summed E-state index contributed by atoms with van der Waals surface area (Å²) in [5.41, 5.74) is 0.111. The first-order chi connectivity index (χ1) is 8.66. The van der Waals surface area contributed by atoms with E-state index in [0.29, 0.717) is 0 Å². The first-order valence-electron chi connectivity index (χ1n) is 4.95. The van der Waals surface area contributed by atoms with E-state index in [9.17, 15) is 15.2 Å². The molecule has 90 valence electrons. The van der Waals surface area contributed by atoms with Crippen molar-refractivity contribution in [3.63, 3.8) is 0 Å². The molecule has 7 nitrogen and oxygen atoms in total. The molecule has 0 amide bonds. The first-order valence-corrected chi connectivity index (χ1v) is 4.95. The van der Waals surface area contributed by atoms with Crippen molar-refractivity contribution in [2.45, 2.75) is 0 Å². The molecule has 1 aromatic heterocycles. The fraction of sp³-hybridized carbons (Fsp3) is 0. The molecule has 7 heteroatoms. The molecule has 1 N–H and O–H groups in total. The van der Waals surface area contributed by atoms with Gasteiger partial charge in [0.25, 0.3) is 5.69 Å². The van der Waals surface area contributed by atoms with Crippen molar-refractivity contribution in [1.29, 1.82) is 0 Å². The lowest BCUT2D eigenvalue weighted by Gasteiger charge is -1.98. The Morgan fingerprint density at radius 2 is 2.06 bits per heavy atom. The van der Waals surface area contributed by atoms with E-state index < -0.39 is 4.92 Å². The van der Waals surface area contributed by atoms with Gasteiger partial charge >= 0.3 is 0 Å². The Labute approximate surface area is 102 Å². The highest BCUT2D eigenvalue weighted by Crippen LogP contribution is 2.21. The van der Waals surface area contributed by atoms with Gasteiger partial charge in [-0.05, 0) is 12.1 Å². The van der Waals surface area contributed by atoms with Crippen LogP contribution < -0.4 is 0 Å². The zero-order chi connectivity index (χ0) is 13.0. The SMILES string of the molecule is O=[N+]([O-])c1ccc(O)c(/C=N/c2ncccn2)c1. The predicted octanol–water partition coefficient (Wildman–Crippen LogP) is 1.84. The van der Waals surface area contributed by atoms with Crippen molar-refractivity contribution in [3.05, 3.63) is 52.3 Å². The monoisotopic (exact) mass is 244 g/mol. The van der Waals surface area contributed by atoms with E-state index in [4.69, 9.17) is 0 Å². The molecule has 18 heavy (non-hydrogen) atoms. The average Bonchev–Trinajstić information content (AvgIpc) is 2.38. The molecule has 2 rings (SSSR count). The highest BCUT2D eigenvalue weighted by molar-refractivity contribution is 5.85. The highest BCUT2D eigenvalue weighted by atomic mass is 16.6. The van der Waals surface area contributed by atoms with Crippen molar-refractivity contribution >= 4 is 17.9 Å². The quantitative estimate of drug-likeness (QED) is 0.504. The molecule has 1 aromatic carbocycles. The van der Waals surface area contributed by atoms with Crippen LogP contribution in [0, 0.1) is 10.1 Å². The van der Waals surface area contributed by atoms with E-state index in [1.807, 2.05) is 0 Å². The number of nitro groups is 1. The van der Waals surface area contributed by atoms with Gasteiger partial charge in [0.15, 0.2) is 0 Å². The maximum absolute atomic E-state index is 10.6. The van der Waals surface area contributed by atoms with Crippen LogP contribution in [0.15, 0.2) is 41.7 Å². The van der Waals surface area contributed by atoms with Crippen LogP contribution in [0.5, 0.6) is 5.75 Å². The van der Waals surface area contributed by atoms with Gasteiger partial charge in [-0.3, -0.25) is 10.1 Å². The van der Waals surface area contributed by atoms with Gasteiger partial charge in [-0.1, -0.05) is 0 Å². The molecule has 0 aliphatic heterocycles. The number of hydrogen-bond acceptors (Lipinski definition) is 6. The van der Waals surface area contributed by atoms with Crippen molar-refractivity contribution in [2.75, 3.05) is 0 Å². The number of aliphatic imine (C=N–C) groups is 1. The van der Waals surface area contributed by atoms with E-state index in [2.05, 4.69) is 15.0 Å². The Hall–Kier alpha value is -2.83. The normalized spacial score (nSPS) is 10.7. The van der Waals surface area contributed by atoms with Crippen LogP contribution in [0.3, 0.4) is 0 Å². The topological polar surface area (TPSA) is 102 Å². The van der Waals surface area contributed by atoms with Gasteiger partial charge < -0.3 is 5.11 Å². The van der Waals surface area contributed by atoms with Gasteiger partial charge in [0.05, 0.1) is 4.92 Å². The molecule has 0 radical (unpaired) electrons. The second-order valence-electron chi connectivity index (χ2n) is 3.31. The number of nitro benzene ring substituents is 1. The first kappa shape index (κ1) is 11.6. The number of phenols is 1. The third-order valence-electron chi connectivity index (χ3n) is 2.09. The molecule has 0 bridgehead atoms. The number of aromatic hydroxyl groups is 1. The van der Waals surface area contributed by atoms with Crippen LogP contribution in [-0.4, -0.2) is 26.2 Å². The summed E-state index contributed by atoms with van der Waals surface area (Å²) in [6.45, 7) is 0. The summed E-state index contributed by atoms with van der Waals surface area (Å²) in [6.07, 6.45) is 4.32. The maximum atomic E-state index is 10.6. The van der Waals surface area contributed by atoms with Crippen molar-refractivity contribution in [2.24, 2.45) is 4.99 Å². The number of aromatic nitrogens is 2. The predicted molar refractivity (Wildman–Crippen MR) is 64.0 cm³/mol. The fourth-order valence-corrected chi connectivity index (χ4v) is 1.24. The number of rotatable bonds is 3. The molecule has 0 aliphatic carbocycles. The summed E-state index contributed by atoms with van der Waals surface area (Å²) in [6, 6.07) is 5.32. The Bertz CT molecular complexity index is 598. The minimum absolute atomic E-state index is 0.0970. The van der Waals surface area contributed by atoms with E-state index in [-0.39, 0.29) is 22.9 Å². The number of hydrogen-bond donors (Lipinski definition) is 1. The van der Waals surface area contributed by atoms with Crippen LogP contribution in [0.25, 0.3) is 0 Å².